The maximum absolute atomic E-state index is 11.1. The fourth-order valence-corrected chi connectivity index (χ4v) is 4.23. The van der Waals surface area contributed by atoms with Gasteiger partial charge in [-0.2, -0.15) is 0 Å². The minimum Gasteiger partial charge on any atom is -0.387 e. The number of rotatable bonds is 10. The van der Waals surface area contributed by atoms with E-state index in [2.05, 4.69) is 34.6 Å². The molecule has 1 unspecified atom stereocenters. The van der Waals surface area contributed by atoms with Gasteiger partial charge in [0.2, 0.25) is 0 Å². The van der Waals surface area contributed by atoms with Crippen molar-refractivity contribution >= 4 is 22.8 Å². The molecule has 1 aliphatic rings. The monoisotopic (exact) mass is 440 g/mol. The van der Waals surface area contributed by atoms with Crippen molar-refractivity contribution in [1.29, 1.82) is 0 Å². The summed E-state index contributed by atoms with van der Waals surface area (Å²) in [6.45, 7) is 4.86. The predicted octanol–water partition coefficient (Wildman–Crippen LogP) is 0.877. The van der Waals surface area contributed by atoms with E-state index < -0.39 is 5.60 Å². The van der Waals surface area contributed by atoms with Gasteiger partial charge in [-0.05, 0) is 25.6 Å². The van der Waals surface area contributed by atoms with Crippen LogP contribution in [0.25, 0.3) is 11.2 Å². The van der Waals surface area contributed by atoms with Crippen molar-refractivity contribution in [1.82, 2.24) is 29.4 Å². The highest BCUT2D eigenvalue weighted by Gasteiger charge is 2.37. The molecule has 0 spiro atoms. The number of imidazole rings is 1. The molecule has 1 aliphatic heterocycles. The summed E-state index contributed by atoms with van der Waals surface area (Å²) < 4.78 is 7.15. The van der Waals surface area contributed by atoms with Crippen LogP contribution in [0.5, 0.6) is 0 Å². The number of likely N-dealkylation sites (N-methyl/N-ethyl adjacent to an activating group) is 2. The van der Waals surface area contributed by atoms with Gasteiger partial charge in [0, 0.05) is 59.6 Å². The second kappa shape index (κ2) is 9.76. The molecule has 1 N–H and O–H groups in total. The quantitative estimate of drug-likeness (QED) is 0.493. The second-order valence-corrected chi connectivity index (χ2v) is 8.54. The molecule has 10 heteroatoms. The minimum atomic E-state index is -0.743. The summed E-state index contributed by atoms with van der Waals surface area (Å²) in [4.78, 5) is 24.2. The summed E-state index contributed by atoms with van der Waals surface area (Å²) in [6.07, 6.45) is 5.88. The van der Waals surface area contributed by atoms with E-state index in [1.54, 1.807) is 26.0 Å². The van der Waals surface area contributed by atoms with Gasteiger partial charge in [0.1, 0.15) is 12.1 Å². The van der Waals surface area contributed by atoms with Gasteiger partial charge in [-0.3, -0.25) is 0 Å². The third kappa shape index (κ3) is 4.98. The first-order chi connectivity index (χ1) is 15.5. The Kier molecular flexibility index (Phi) is 6.83. The van der Waals surface area contributed by atoms with Gasteiger partial charge in [0.15, 0.2) is 17.0 Å². The Hall–Kier alpha value is -2.82. The van der Waals surface area contributed by atoms with Crippen LogP contribution >= 0.6 is 0 Å². The van der Waals surface area contributed by atoms with Crippen molar-refractivity contribution in [2.75, 3.05) is 70.3 Å². The molecule has 4 heterocycles. The van der Waals surface area contributed by atoms with Crippen molar-refractivity contribution in [2.24, 2.45) is 0 Å². The molecule has 0 amide bonds. The molecule has 3 aromatic rings. The lowest BCUT2D eigenvalue weighted by molar-refractivity contribution is 0.0307. The summed E-state index contributed by atoms with van der Waals surface area (Å²) in [7, 11) is 5.74. The van der Waals surface area contributed by atoms with Crippen LogP contribution in [-0.2, 0) is 11.3 Å². The Labute approximate surface area is 188 Å². The zero-order valence-electron chi connectivity index (χ0n) is 19.1. The van der Waals surface area contributed by atoms with Crippen LogP contribution in [0.4, 0.5) is 11.6 Å². The summed E-state index contributed by atoms with van der Waals surface area (Å²) in [5.74, 6) is 1.73. The number of hydrogen-bond donors (Lipinski definition) is 1. The minimum absolute atomic E-state index is 0.593. The Morgan fingerprint density at radius 1 is 1.16 bits per heavy atom. The Morgan fingerprint density at radius 3 is 2.81 bits per heavy atom. The second-order valence-electron chi connectivity index (χ2n) is 8.54. The highest BCUT2D eigenvalue weighted by molar-refractivity contribution is 5.83. The standard InChI is InChI=1S/C22H32N8O2/c1-27(14-22(31)7-9-29(15-22)18-6-4-5-8-23-18)10-11-28(2)20-19-21(25-16-24-20)30(17-26-19)12-13-32-3/h4-6,8,16-17,31H,7,9-15H2,1-3H3. The summed E-state index contributed by atoms with van der Waals surface area (Å²) in [6, 6.07) is 5.88. The van der Waals surface area contributed by atoms with E-state index in [0.29, 0.717) is 26.2 Å². The van der Waals surface area contributed by atoms with E-state index >= 15 is 0 Å². The summed E-state index contributed by atoms with van der Waals surface area (Å²) in [5, 5.41) is 11.1. The van der Waals surface area contributed by atoms with Crippen LogP contribution in [-0.4, -0.2) is 101 Å². The third-order valence-electron chi connectivity index (χ3n) is 5.97. The van der Waals surface area contributed by atoms with Gasteiger partial charge >= 0.3 is 0 Å². The Morgan fingerprint density at radius 2 is 2.03 bits per heavy atom. The lowest BCUT2D eigenvalue weighted by Gasteiger charge is -2.30. The van der Waals surface area contributed by atoms with Gasteiger partial charge in [-0.25, -0.2) is 19.9 Å². The number of ether oxygens (including phenoxy) is 1. The summed E-state index contributed by atoms with van der Waals surface area (Å²) in [5.41, 5.74) is 0.851. The number of nitrogens with zero attached hydrogens (tertiary/aromatic N) is 8. The number of aliphatic hydroxyl groups is 1. The molecule has 3 aromatic heterocycles. The van der Waals surface area contributed by atoms with E-state index in [0.717, 1.165) is 48.9 Å². The largest absolute Gasteiger partial charge is 0.387 e. The SMILES string of the molecule is COCCn1cnc2c(N(C)CCN(C)CC3(O)CCN(c4ccccn4)C3)ncnc21. The maximum Gasteiger partial charge on any atom is 0.165 e. The number of methoxy groups -OCH3 is 1. The van der Waals surface area contributed by atoms with Crippen molar-refractivity contribution in [3.63, 3.8) is 0 Å². The zero-order chi connectivity index (χ0) is 22.6. The van der Waals surface area contributed by atoms with Crippen LogP contribution < -0.4 is 9.80 Å². The molecule has 0 aliphatic carbocycles. The highest BCUT2D eigenvalue weighted by atomic mass is 16.5. The predicted molar refractivity (Wildman–Crippen MR) is 124 cm³/mol. The number of aromatic nitrogens is 5. The lowest BCUT2D eigenvalue weighted by atomic mass is 10.0. The van der Waals surface area contributed by atoms with Gasteiger partial charge in [-0.15, -0.1) is 0 Å². The number of fused-ring (bicyclic) bond motifs is 1. The molecule has 0 saturated carbocycles. The van der Waals surface area contributed by atoms with Gasteiger partial charge in [-0.1, -0.05) is 6.07 Å². The van der Waals surface area contributed by atoms with E-state index in [9.17, 15) is 5.11 Å². The van der Waals surface area contributed by atoms with E-state index in [1.807, 2.05) is 36.9 Å². The third-order valence-corrected chi connectivity index (χ3v) is 5.97. The van der Waals surface area contributed by atoms with Crippen molar-refractivity contribution < 1.29 is 9.84 Å². The van der Waals surface area contributed by atoms with Crippen LogP contribution in [0.3, 0.4) is 0 Å². The molecule has 4 rings (SSSR count). The van der Waals surface area contributed by atoms with Crippen LogP contribution in [0.15, 0.2) is 37.1 Å². The van der Waals surface area contributed by atoms with Crippen molar-refractivity contribution in [3.05, 3.63) is 37.1 Å². The first kappa shape index (κ1) is 22.4. The van der Waals surface area contributed by atoms with E-state index in [4.69, 9.17) is 4.74 Å². The van der Waals surface area contributed by atoms with E-state index in [-0.39, 0.29) is 0 Å². The van der Waals surface area contributed by atoms with Crippen LogP contribution in [0, 0.1) is 0 Å². The molecule has 1 fully saturated rings. The average molecular weight is 441 g/mol. The van der Waals surface area contributed by atoms with Gasteiger partial charge < -0.3 is 29.1 Å². The normalized spacial score (nSPS) is 18.7. The number of β-amino-alcohol motifs (C(OH)–C–C–N with tert-alkyl or cyclic N) is 1. The smallest absolute Gasteiger partial charge is 0.165 e. The molecule has 0 bridgehead atoms. The molecule has 172 valence electrons. The number of pyridine rings is 1. The number of anilines is 2. The van der Waals surface area contributed by atoms with E-state index in [1.165, 1.54) is 0 Å². The molecular weight excluding hydrogens is 408 g/mol. The molecule has 0 aromatic carbocycles. The molecular formula is C22H32N8O2. The zero-order valence-corrected chi connectivity index (χ0v) is 19.1. The summed E-state index contributed by atoms with van der Waals surface area (Å²) >= 11 is 0. The molecule has 32 heavy (non-hydrogen) atoms. The fourth-order valence-electron chi connectivity index (χ4n) is 4.23. The molecule has 1 atom stereocenters. The Bertz CT molecular complexity index is 1010. The highest BCUT2D eigenvalue weighted by Crippen LogP contribution is 2.26. The first-order valence-corrected chi connectivity index (χ1v) is 10.9. The van der Waals surface area contributed by atoms with Crippen LogP contribution in [0.2, 0.25) is 0 Å². The molecule has 10 nitrogen and oxygen atoms in total. The van der Waals surface area contributed by atoms with Gasteiger partial charge in [0.25, 0.3) is 0 Å². The van der Waals surface area contributed by atoms with Crippen molar-refractivity contribution in [3.8, 4) is 0 Å². The van der Waals surface area contributed by atoms with Crippen molar-refractivity contribution in [2.45, 2.75) is 18.6 Å². The van der Waals surface area contributed by atoms with Gasteiger partial charge in [0.05, 0.1) is 18.5 Å². The maximum atomic E-state index is 11.1. The lowest BCUT2D eigenvalue weighted by Crippen LogP contribution is -2.45. The molecule has 1 saturated heterocycles. The fraction of sp³-hybridized carbons (Fsp3) is 0.545. The first-order valence-electron chi connectivity index (χ1n) is 10.9. The average Bonchev–Trinajstić information content (AvgIpc) is 3.40. The Balaban J connectivity index is 1.33. The molecule has 0 radical (unpaired) electrons. The number of hydrogen-bond acceptors (Lipinski definition) is 9. The van der Waals surface area contributed by atoms with Crippen LogP contribution in [0.1, 0.15) is 6.42 Å². The topological polar surface area (TPSA) is 95.7 Å².